The molecule has 4 heteroatoms. The van der Waals surface area contributed by atoms with Crippen LogP contribution < -0.4 is 9.64 Å². The third-order valence-corrected chi connectivity index (χ3v) is 2.98. The second-order valence-electron chi connectivity index (χ2n) is 5.40. The molecule has 0 radical (unpaired) electrons. The Hall–Kier alpha value is -1.26. The third kappa shape index (κ3) is 4.11. The molecule has 2 N–H and O–H groups in total. The van der Waals surface area contributed by atoms with Gasteiger partial charge in [-0.2, -0.15) is 0 Å². The molecule has 0 heterocycles. The molecular formula is C15H25NO3. The van der Waals surface area contributed by atoms with E-state index in [0.29, 0.717) is 12.3 Å². The summed E-state index contributed by atoms with van der Waals surface area (Å²) in [6, 6.07) is 5.68. The monoisotopic (exact) mass is 267 g/mol. The Morgan fingerprint density at radius 2 is 2.00 bits per heavy atom. The van der Waals surface area contributed by atoms with Crippen molar-refractivity contribution in [1.29, 1.82) is 0 Å². The van der Waals surface area contributed by atoms with Crippen molar-refractivity contribution in [3.63, 3.8) is 0 Å². The van der Waals surface area contributed by atoms with E-state index in [4.69, 9.17) is 4.74 Å². The molecule has 0 amide bonds. The van der Waals surface area contributed by atoms with Crippen LogP contribution in [-0.4, -0.2) is 36.0 Å². The SMILES string of the molecule is CCN(CC(C)(C)O)c1cccc(OC)c1[C@@H](C)O. The fraction of sp³-hybridized carbons (Fsp3) is 0.600. The molecule has 1 aromatic carbocycles. The first kappa shape index (κ1) is 15.8. The van der Waals surface area contributed by atoms with Gasteiger partial charge >= 0.3 is 0 Å². The van der Waals surface area contributed by atoms with E-state index in [9.17, 15) is 10.2 Å². The first-order valence-corrected chi connectivity index (χ1v) is 6.62. The highest BCUT2D eigenvalue weighted by Gasteiger charge is 2.22. The fourth-order valence-electron chi connectivity index (χ4n) is 2.24. The van der Waals surface area contributed by atoms with E-state index >= 15 is 0 Å². The minimum absolute atomic E-state index is 0.496. The topological polar surface area (TPSA) is 52.9 Å². The van der Waals surface area contributed by atoms with Crippen molar-refractivity contribution in [2.75, 3.05) is 25.1 Å². The number of likely N-dealkylation sites (N-methyl/N-ethyl adjacent to an activating group) is 1. The summed E-state index contributed by atoms with van der Waals surface area (Å²) in [4.78, 5) is 2.05. The van der Waals surface area contributed by atoms with Crippen LogP contribution in [0.4, 0.5) is 5.69 Å². The molecule has 0 bridgehead atoms. The van der Waals surface area contributed by atoms with Gasteiger partial charge in [0.05, 0.1) is 18.8 Å². The second kappa shape index (κ2) is 6.26. The Balaban J connectivity index is 3.23. The van der Waals surface area contributed by atoms with E-state index in [1.54, 1.807) is 27.9 Å². The van der Waals surface area contributed by atoms with E-state index in [0.717, 1.165) is 17.8 Å². The average Bonchev–Trinajstić information content (AvgIpc) is 2.33. The van der Waals surface area contributed by atoms with Gasteiger partial charge < -0.3 is 19.8 Å². The summed E-state index contributed by atoms with van der Waals surface area (Å²) in [7, 11) is 1.59. The standard InChI is InChI=1S/C15H25NO3/c1-6-16(10-15(3,4)18)12-8-7-9-13(19-5)14(12)11(2)17/h7-9,11,17-18H,6,10H2,1-5H3/t11-/m1/s1. The quantitative estimate of drug-likeness (QED) is 0.830. The molecule has 108 valence electrons. The van der Waals surface area contributed by atoms with Gasteiger partial charge in [0, 0.05) is 24.3 Å². The average molecular weight is 267 g/mol. The van der Waals surface area contributed by atoms with Gasteiger partial charge in [0.15, 0.2) is 0 Å². The number of anilines is 1. The molecule has 19 heavy (non-hydrogen) atoms. The third-order valence-electron chi connectivity index (χ3n) is 2.98. The Labute approximate surface area is 115 Å². The molecule has 1 aromatic rings. The summed E-state index contributed by atoms with van der Waals surface area (Å²) in [5, 5.41) is 20.0. The number of hydrogen-bond donors (Lipinski definition) is 2. The van der Waals surface area contributed by atoms with Gasteiger partial charge in [-0.3, -0.25) is 0 Å². The number of nitrogens with zero attached hydrogens (tertiary/aromatic N) is 1. The lowest BCUT2D eigenvalue weighted by molar-refractivity contribution is 0.0873. The smallest absolute Gasteiger partial charge is 0.126 e. The highest BCUT2D eigenvalue weighted by Crippen LogP contribution is 2.35. The lowest BCUT2D eigenvalue weighted by Crippen LogP contribution is -2.39. The summed E-state index contributed by atoms with van der Waals surface area (Å²) < 4.78 is 5.32. The Morgan fingerprint density at radius 3 is 2.42 bits per heavy atom. The van der Waals surface area contributed by atoms with Gasteiger partial charge in [-0.15, -0.1) is 0 Å². The van der Waals surface area contributed by atoms with Crippen LogP contribution in [0.1, 0.15) is 39.4 Å². The Bertz CT molecular complexity index is 410. The lowest BCUT2D eigenvalue weighted by atomic mass is 10.0. The molecule has 0 aliphatic rings. The number of methoxy groups -OCH3 is 1. The highest BCUT2D eigenvalue weighted by molar-refractivity contribution is 5.60. The minimum atomic E-state index is -0.797. The second-order valence-corrected chi connectivity index (χ2v) is 5.40. The van der Waals surface area contributed by atoms with Crippen molar-refractivity contribution in [2.24, 2.45) is 0 Å². The van der Waals surface area contributed by atoms with Crippen LogP contribution in [0.5, 0.6) is 5.75 Å². The number of aliphatic hydroxyl groups excluding tert-OH is 1. The maximum Gasteiger partial charge on any atom is 0.126 e. The Morgan fingerprint density at radius 1 is 1.37 bits per heavy atom. The van der Waals surface area contributed by atoms with Gasteiger partial charge in [-0.1, -0.05) is 6.07 Å². The molecule has 0 aromatic heterocycles. The van der Waals surface area contributed by atoms with Crippen LogP contribution >= 0.6 is 0 Å². The summed E-state index contributed by atoms with van der Waals surface area (Å²) in [6.07, 6.45) is -0.623. The molecule has 0 fully saturated rings. The van der Waals surface area contributed by atoms with E-state index in [2.05, 4.69) is 0 Å². The number of benzene rings is 1. The van der Waals surface area contributed by atoms with Crippen molar-refractivity contribution >= 4 is 5.69 Å². The zero-order valence-electron chi connectivity index (χ0n) is 12.5. The van der Waals surface area contributed by atoms with Crippen LogP contribution in [0.3, 0.4) is 0 Å². The number of hydrogen-bond acceptors (Lipinski definition) is 4. The summed E-state index contributed by atoms with van der Waals surface area (Å²) in [5.41, 5.74) is 0.866. The van der Waals surface area contributed by atoms with Crippen LogP contribution in [0.25, 0.3) is 0 Å². The first-order chi connectivity index (χ1) is 8.80. The summed E-state index contributed by atoms with van der Waals surface area (Å²) >= 11 is 0. The van der Waals surface area contributed by atoms with Gasteiger partial charge in [0.25, 0.3) is 0 Å². The number of rotatable bonds is 6. The lowest BCUT2D eigenvalue weighted by Gasteiger charge is -2.32. The van der Waals surface area contributed by atoms with E-state index in [1.807, 2.05) is 30.0 Å². The molecule has 0 aliphatic carbocycles. The van der Waals surface area contributed by atoms with Gasteiger partial charge in [-0.05, 0) is 39.8 Å². The molecule has 1 atom stereocenters. The van der Waals surface area contributed by atoms with Crippen LogP contribution in [-0.2, 0) is 0 Å². The largest absolute Gasteiger partial charge is 0.496 e. The van der Waals surface area contributed by atoms with E-state index in [-0.39, 0.29) is 0 Å². The van der Waals surface area contributed by atoms with E-state index in [1.165, 1.54) is 0 Å². The molecule has 0 saturated heterocycles. The Kier molecular flexibility index (Phi) is 5.20. The normalized spacial score (nSPS) is 13.2. The van der Waals surface area contributed by atoms with Crippen molar-refractivity contribution in [3.8, 4) is 5.75 Å². The summed E-state index contributed by atoms with van der Waals surface area (Å²) in [6.45, 7) is 8.54. The maximum atomic E-state index is 10.0. The van der Waals surface area contributed by atoms with Crippen molar-refractivity contribution in [3.05, 3.63) is 23.8 Å². The molecule has 0 aliphatic heterocycles. The molecule has 0 saturated carbocycles. The van der Waals surface area contributed by atoms with Gasteiger partial charge in [-0.25, -0.2) is 0 Å². The van der Waals surface area contributed by atoms with Crippen molar-refractivity contribution in [2.45, 2.75) is 39.4 Å². The zero-order chi connectivity index (χ0) is 14.6. The molecular weight excluding hydrogens is 242 g/mol. The van der Waals surface area contributed by atoms with Crippen LogP contribution in [0, 0.1) is 0 Å². The van der Waals surface area contributed by atoms with Gasteiger partial charge in [0.1, 0.15) is 5.75 Å². The molecule has 1 rings (SSSR count). The molecule has 0 unspecified atom stereocenters. The predicted molar refractivity (Wildman–Crippen MR) is 77.8 cm³/mol. The highest BCUT2D eigenvalue weighted by atomic mass is 16.5. The number of ether oxygens (including phenoxy) is 1. The van der Waals surface area contributed by atoms with E-state index < -0.39 is 11.7 Å². The predicted octanol–water partition coefficient (Wildman–Crippen LogP) is 2.35. The fourth-order valence-corrected chi connectivity index (χ4v) is 2.24. The first-order valence-electron chi connectivity index (χ1n) is 6.62. The molecule has 4 nitrogen and oxygen atoms in total. The molecule has 0 spiro atoms. The van der Waals surface area contributed by atoms with Gasteiger partial charge in [0.2, 0.25) is 0 Å². The van der Waals surface area contributed by atoms with Crippen LogP contribution in [0.2, 0.25) is 0 Å². The van der Waals surface area contributed by atoms with Crippen LogP contribution in [0.15, 0.2) is 18.2 Å². The minimum Gasteiger partial charge on any atom is -0.496 e. The van der Waals surface area contributed by atoms with Crippen molar-refractivity contribution < 1.29 is 14.9 Å². The summed E-state index contributed by atoms with van der Waals surface area (Å²) in [5.74, 6) is 0.668. The van der Waals surface area contributed by atoms with Crippen molar-refractivity contribution in [1.82, 2.24) is 0 Å². The maximum absolute atomic E-state index is 10.0. The zero-order valence-corrected chi connectivity index (χ0v) is 12.5. The number of aliphatic hydroxyl groups is 2.